The quantitative estimate of drug-likeness (QED) is 0.836. The van der Waals surface area contributed by atoms with E-state index in [2.05, 4.69) is 10.3 Å². The molecule has 0 atom stereocenters. The van der Waals surface area contributed by atoms with Crippen LogP contribution in [0.25, 0.3) is 0 Å². The molecule has 1 aliphatic carbocycles. The molecule has 20 heavy (non-hydrogen) atoms. The molecule has 2 N–H and O–H groups in total. The Morgan fingerprint density at radius 2 is 2.15 bits per heavy atom. The average molecular weight is 299 g/mol. The Morgan fingerprint density at radius 1 is 1.45 bits per heavy atom. The van der Waals surface area contributed by atoms with Crippen molar-refractivity contribution in [1.29, 1.82) is 0 Å². The van der Waals surface area contributed by atoms with E-state index in [-0.39, 0.29) is 17.6 Å². The predicted molar refractivity (Wildman–Crippen MR) is 76.2 cm³/mol. The van der Waals surface area contributed by atoms with Crippen molar-refractivity contribution in [2.45, 2.75) is 37.7 Å². The van der Waals surface area contributed by atoms with Gasteiger partial charge in [-0.3, -0.25) is 4.79 Å². The van der Waals surface area contributed by atoms with Crippen LogP contribution in [0, 0.1) is 0 Å². The zero-order valence-electron chi connectivity index (χ0n) is 11.5. The fraction of sp³-hybridized carbons (Fsp3) is 0.571. The van der Waals surface area contributed by atoms with Crippen LogP contribution in [0.15, 0.2) is 12.1 Å². The second-order valence-electron chi connectivity index (χ2n) is 5.19. The third kappa shape index (κ3) is 3.84. The van der Waals surface area contributed by atoms with Crippen molar-refractivity contribution in [2.75, 3.05) is 13.7 Å². The third-order valence-corrected chi connectivity index (χ3v) is 3.80. The van der Waals surface area contributed by atoms with Crippen LogP contribution < -0.4 is 10.1 Å². The van der Waals surface area contributed by atoms with E-state index in [1.807, 2.05) is 0 Å². The highest BCUT2D eigenvalue weighted by Crippen LogP contribution is 2.27. The molecule has 1 aromatic rings. The van der Waals surface area contributed by atoms with Crippen LogP contribution in [0.3, 0.4) is 0 Å². The van der Waals surface area contributed by atoms with Gasteiger partial charge in [-0.25, -0.2) is 4.98 Å². The Morgan fingerprint density at radius 3 is 2.80 bits per heavy atom. The van der Waals surface area contributed by atoms with E-state index in [0.717, 1.165) is 32.1 Å². The highest BCUT2D eigenvalue weighted by Gasteiger charge is 2.29. The lowest BCUT2D eigenvalue weighted by Crippen LogP contribution is -2.44. The molecule has 1 aliphatic rings. The van der Waals surface area contributed by atoms with E-state index in [9.17, 15) is 9.90 Å². The number of aliphatic hydroxyl groups is 1. The average Bonchev–Trinajstić information content (AvgIpc) is 2.45. The maximum absolute atomic E-state index is 12.1. The minimum Gasteiger partial charge on any atom is -0.481 e. The van der Waals surface area contributed by atoms with Gasteiger partial charge in [0.2, 0.25) is 5.88 Å². The third-order valence-electron chi connectivity index (χ3n) is 3.60. The summed E-state index contributed by atoms with van der Waals surface area (Å²) in [4.78, 5) is 16.0. The number of hydrogen-bond acceptors (Lipinski definition) is 4. The van der Waals surface area contributed by atoms with Crippen LogP contribution in [0.4, 0.5) is 0 Å². The molecular formula is C14H19ClN2O3. The largest absolute Gasteiger partial charge is 0.481 e. The smallest absolute Gasteiger partial charge is 0.251 e. The first-order valence-corrected chi connectivity index (χ1v) is 7.12. The van der Waals surface area contributed by atoms with E-state index < -0.39 is 5.60 Å². The van der Waals surface area contributed by atoms with E-state index in [0.29, 0.717) is 11.4 Å². The van der Waals surface area contributed by atoms with Crippen LogP contribution in [0.5, 0.6) is 5.88 Å². The molecule has 0 unspecified atom stereocenters. The lowest BCUT2D eigenvalue weighted by molar-refractivity contribution is 0.00525. The molecule has 2 rings (SSSR count). The van der Waals surface area contributed by atoms with Gasteiger partial charge in [-0.15, -0.1) is 0 Å². The topological polar surface area (TPSA) is 71.5 Å². The lowest BCUT2D eigenvalue weighted by atomic mass is 9.85. The van der Waals surface area contributed by atoms with Gasteiger partial charge in [0, 0.05) is 18.2 Å². The van der Waals surface area contributed by atoms with Crippen molar-refractivity contribution in [3.63, 3.8) is 0 Å². The van der Waals surface area contributed by atoms with Crippen LogP contribution in [-0.2, 0) is 0 Å². The number of aromatic nitrogens is 1. The molecule has 1 heterocycles. The molecule has 1 saturated carbocycles. The first-order valence-electron chi connectivity index (χ1n) is 6.75. The Bertz CT molecular complexity index is 487. The Balaban J connectivity index is 1.99. The fourth-order valence-corrected chi connectivity index (χ4v) is 2.64. The van der Waals surface area contributed by atoms with Gasteiger partial charge in [0.1, 0.15) is 5.15 Å². The van der Waals surface area contributed by atoms with Gasteiger partial charge in [-0.2, -0.15) is 0 Å². The number of halogens is 1. The van der Waals surface area contributed by atoms with E-state index >= 15 is 0 Å². The number of nitrogens with one attached hydrogen (secondary N) is 1. The number of rotatable bonds is 4. The number of amides is 1. The Hall–Kier alpha value is -1.33. The van der Waals surface area contributed by atoms with Crippen molar-refractivity contribution in [1.82, 2.24) is 10.3 Å². The molecule has 0 aliphatic heterocycles. The minimum absolute atomic E-state index is 0.200. The molecule has 1 aromatic heterocycles. The number of carbonyl (C=O) groups excluding carboxylic acids is 1. The van der Waals surface area contributed by atoms with Gasteiger partial charge >= 0.3 is 0 Å². The molecule has 1 amide bonds. The summed E-state index contributed by atoms with van der Waals surface area (Å²) in [6, 6.07) is 3.00. The Kier molecular flexibility index (Phi) is 4.83. The van der Waals surface area contributed by atoms with Crippen molar-refractivity contribution in [2.24, 2.45) is 0 Å². The maximum Gasteiger partial charge on any atom is 0.251 e. The highest BCUT2D eigenvalue weighted by atomic mass is 35.5. The number of nitrogens with zero attached hydrogens (tertiary/aromatic N) is 1. The van der Waals surface area contributed by atoms with E-state index in [4.69, 9.17) is 16.3 Å². The number of methoxy groups -OCH3 is 1. The molecule has 5 nitrogen and oxygen atoms in total. The number of carbonyl (C=O) groups is 1. The van der Waals surface area contributed by atoms with Crippen LogP contribution >= 0.6 is 11.6 Å². The van der Waals surface area contributed by atoms with Gasteiger partial charge in [0.25, 0.3) is 5.91 Å². The van der Waals surface area contributed by atoms with Gasteiger partial charge in [-0.05, 0) is 18.9 Å². The van der Waals surface area contributed by atoms with Crippen LogP contribution in [0.1, 0.15) is 42.5 Å². The fourth-order valence-electron chi connectivity index (χ4n) is 2.44. The second-order valence-corrected chi connectivity index (χ2v) is 5.58. The summed E-state index contributed by atoms with van der Waals surface area (Å²) >= 11 is 5.83. The molecular weight excluding hydrogens is 280 g/mol. The summed E-state index contributed by atoms with van der Waals surface area (Å²) in [5.41, 5.74) is -0.407. The summed E-state index contributed by atoms with van der Waals surface area (Å²) in [5.74, 6) is 0.00521. The van der Waals surface area contributed by atoms with Crippen molar-refractivity contribution >= 4 is 17.5 Å². The van der Waals surface area contributed by atoms with E-state index in [1.165, 1.54) is 19.2 Å². The van der Waals surface area contributed by atoms with Crippen molar-refractivity contribution < 1.29 is 14.6 Å². The zero-order valence-corrected chi connectivity index (χ0v) is 12.2. The lowest BCUT2D eigenvalue weighted by Gasteiger charge is -2.32. The van der Waals surface area contributed by atoms with E-state index in [1.54, 1.807) is 0 Å². The zero-order chi connectivity index (χ0) is 14.6. The first kappa shape index (κ1) is 15.1. The molecule has 0 radical (unpaired) electrons. The number of hydrogen-bond donors (Lipinski definition) is 2. The second kappa shape index (κ2) is 6.41. The van der Waals surface area contributed by atoms with Crippen LogP contribution in [-0.4, -0.2) is 35.3 Å². The molecule has 0 aromatic carbocycles. The monoisotopic (exact) mass is 298 g/mol. The maximum atomic E-state index is 12.1. The molecule has 0 spiro atoms. The predicted octanol–water partition coefficient (Wildman–Crippen LogP) is 2.17. The van der Waals surface area contributed by atoms with Gasteiger partial charge in [-0.1, -0.05) is 30.9 Å². The summed E-state index contributed by atoms with van der Waals surface area (Å²) in [7, 11) is 1.46. The first-order chi connectivity index (χ1) is 9.52. The molecule has 110 valence electrons. The summed E-state index contributed by atoms with van der Waals surface area (Å²) in [6.45, 7) is 0.258. The standard InChI is InChI=1S/C14H19ClN2O3/c1-20-12-8-10(7-11(15)17-12)13(18)16-9-14(19)5-3-2-4-6-14/h7-8,19H,2-6,9H2,1H3,(H,16,18). The van der Waals surface area contributed by atoms with Crippen molar-refractivity contribution in [3.8, 4) is 5.88 Å². The molecule has 0 saturated heterocycles. The number of pyridine rings is 1. The SMILES string of the molecule is COc1cc(C(=O)NCC2(O)CCCCC2)cc(Cl)n1. The van der Waals surface area contributed by atoms with Gasteiger partial charge < -0.3 is 15.2 Å². The van der Waals surface area contributed by atoms with Gasteiger partial charge in [0.05, 0.1) is 12.7 Å². The van der Waals surface area contributed by atoms with Crippen LogP contribution in [0.2, 0.25) is 5.15 Å². The summed E-state index contributed by atoms with van der Waals surface area (Å²) < 4.78 is 4.98. The molecule has 1 fully saturated rings. The minimum atomic E-state index is -0.783. The molecule has 0 bridgehead atoms. The van der Waals surface area contributed by atoms with Crippen molar-refractivity contribution in [3.05, 3.63) is 22.8 Å². The Labute approximate surface area is 123 Å². The number of ether oxygens (including phenoxy) is 1. The normalized spacial score (nSPS) is 17.6. The summed E-state index contributed by atoms with van der Waals surface area (Å²) in [5, 5.41) is 13.3. The molecule has 6 heteroatoms. The van der Waals surface area contributed by atoms with Gasteiger partial charge in [0.15, 0.2) is 0 Å². The summed E-state index contributed by atoms with van der Waals surface area (Å²) in [6.07, 6.45) is 4.61. The highest BCUT2D eigenvalue weighted by molar-refractivity contribution is 6.29.